The molecule has 0 bridgehead atoms. The normalized spacial score (nSPS) is 22.6. The monoisotopic (exact) mass is 765 g/mol. The summed E-state index contributed by atoms with van der Waals surface area (Å²) in [5, 5.41) is 5.88. The molecule has 1 aliphatic heterocycles. The molecule has 2 aliphatic carbocycles. The number of alkyl carbamates (subject to hydrolysis) is 1. The van der Waals surface area contributed by atoms with E-state index in [2.05, 4.69) is 33.5 Å². The van der Waals surface area contributed by atoms with Crippen LogP contribution < -0.4 is 24.8 Å². The van der Waals surface area contributed by atoms with Crippen LogP contribution in [0.25, 0.3) is 10.8 Å². The Balaban J connectivity index is 1.49. The molecule has 15 nitrogen and oxygen atoms in total. The first-order chi connectivity index (χ1) is 25.3. The van der Waals surface area contributed by atoms with E-state index in [1.807, 2.05) is 0 Å². The number of ketones is 1. The Bertz CT molecular complexity index is 2030. The van der Waals surface area contributed by atoms with Crippen molar-refractivity contribution in [2.45, 2.75) is 94.9 Å². The number of methoxy groups -OCH3 is 1. The van der Waals surface area contributed by atoms with Gasteiger partial charge in [-0.05, 0) is 89.6 Å². The zero-order chi connectivity index (χ0) is 39.7. The van der Waals surface area contributed by atoms with E-state index in [0.29, 0.717) is 29.6 Å². The van der Waals surface area contributed by atoms with Crippen LogP contribution >= 0.6 is 0 Å². The highest BCUT2D eigenvalue weighted by atomic mass is 32.2. The summed E-state index contributed by atoms with van der Waals surface area (Å²) in [5.41, 5.74) is -2.26. The van der Waals surface area contributed by atoms with Crippen molar-refractivity contribution in [2.24, 2.45) is 5.92 Å². The molecule has 2 heterocycles. The van der Waals surface area contributed by atoms with E-state index in [9.17, 15) is 32.4 Å². The summed E-state index contributed by atoms with van der Waals surface area (Å²) in [7, 11) is -2.41. The Morgan fingerprint density at radius 1 is 1.11 bits per heavy atom. The van der Waals surface area contributed by atoms with Crippen LogP contribution in [0, 0.1) is 5.92 Å². The van der Waals surface area contributed by atoms with Crippen LogP contribution in [0.4, 0.5) is 4.79 Å². The summed E-state index contributed by atoms with van der Waals surface area (Å²) in [6.07, 6.45) is 3.23. The minimum Gasteiger partial charge on any atom is -0.497 e. The van der Waals surface area contributed by atoms with Crippen LogP contribution in [0.15, 0.2) is 66.9 Å². The second-order valence-electron chi connectivity index (χ2n) is 15.1. The molecule has 54 heavy (non-hydrogen) atoms. The molecule has 5 atom stereocenters. The van der Waals surface area contributed by atoms with Gasteiger partial charge in [0, 0.05) is 29.5 Å². The molecule has 3 N–H and O–H groups in total. The van der Waals surface area contributed by atoms with Gasteiger partial charge in [0.2, 0.25) is 21.8 Å². The van der Waals surface area contributed by atoms with Crippen LogP contribution in [-0.2, 0) is 33.9 Å². The van der Waals surface area contributed by atoms with E-state index < -0.39 is 80.1 Å². The molecule has 2 saturated carbocycles. The number of nitrogens with zero attached hydrogens (tertiary/aromatic N) is 2. The summed E-state index contributed by atoms with van der Waals surface area (Å²) < 4.78 is 44.6. The van der Waals surface area contributed by atoms with Gasteiger partial charge in [-0.15, -0.1) is 6.58 Å². The number of hydrogen-bond acceptors (Lipinski definition) is 11. The van der Waals surface area contributed by atoms with Crippen LogP contribution in [0.2, 0.25) is 0 Å². The highest BCUT2D eigenvalue weighted by Crippen LogP contribution is 2.45. The summed E-state index contributed by atoms with van der Waals surface area (Å²) in [4.78, 5) is 74.1. The molecule has 0 radical (unpaired) electrons. The average Bonchev–Trinajstić information content (AvgIpc) is 4.02. The number of benzene rings is 1. The predicted molar refractivity (Wildman–Crippen MR) is 199 cm³/mol. The van der Waals surface area contributed by atoms with Crippen molar-refractivity contribution in [1.29, 1.82) is 0 Å². The number of amides is 4. The maximum absolute atomic E-state index is 14.6. The third kappa shape index (κ3) is 8.92. The van der Waals surface area contributed by atoms with E-state index in [1.165, 1.54) is 12.2 Å². The van der Waals surface area contributed by atoms with Gasteiger partial charge < -0.3 is 29.7 Å². The number of ether oxygens (including phenoxy) is 3. The first-order valence-electron chi connectivity index (χ1n) is 17.6. The van der Waals surface area contributed by atoms with Crippen molar-refractivity contribution >= 4 is 50.4 Å². The molecule has 1 aromatic heterocycles. The topological polar surface area (TPSA) is 199 Å². The van der Waals surface area contributed by atoms with Gasteiger partial charge in [-0.1, -0.05) is 18.2 Å². The number of hydrogen-bond donors (Lipinski definition) is 3. The summed E-state index contributed by atoms with van der Waals surface area (Å²) >= 11 is 0. The van der Waals surface area contributed by atoms with Gasteiger partial charge in [0.1, 0.15) is 35.1 Å². The second-order valence-corrected chi connectivity index (χ2v) is 17.0. The number of rotatable bonds is 14. The molecule has 16 heteroatoms. The number of sulfonamides is 1. The Hall–Kier alpha value is -5.25. The van der Waals surface area contributed by atoms with Gasteiger partial charge in [0.25, 0.3) is 11.8 Å². The maximum Gasteiger partial charge on any atom is 0.408 e. The summed E-state index contributed by atoms with van der Waals surface area (Å²) in [5.74, 6) is -2.95. The van der Waals surface area contributed by atoms with Crippen molar-refractivity contribution in [2.75, 3.05) is 13.7 Å². The number of nitrogens with one attached hydrogen (secondary N) is 3. The zero-order valence-corrected chi connectivity index (χ0v) is 32.1. The number of fused-ring (bicyclic) bond motifs is 1. The molecule has 5 rings (SSSR count). The largest absolute Gasteiger partial charge is 0.497 e. The highest BCUT2D eigenvalue weighted by molar-refractivity contribution is 7.91. The molecule has 3 fully saturated rings. The number of pyridine rings is 1. The first kappa shape index (κ1) is 39.9. The smallest absolute Gasteiger partial charge is 0.408 e. The lowest BCUT2D eigenvalue weighted by molar-refractivity contribution is -0.140. The fourth-order valence-electron chi connectivity index (χ4n) is 6.29. The molecular formula is C38H47N5O10S. The summed E-state index contributed by atoms with van der Waals surface area (Å²) in [6.45, 7) is 15.6. The van der Waals surface area contributed by atoms with Gasteiger partial charge in [-0.2, -0.15) is 0 Å². The molecule has 290 valence electrons. The van der Waals surface area contributed by atoms with Gasteiger partial charge in [-0.3, -0.25) is 23.9 Å². The van der Waals surface area contributed by atoms with Gasteiger partial charge in [0.15, 0.2) is 5.78 Å². The van der Waals surface area contributed by atoms with E-state index in [1.54, 1.807) is 72.2 Å². The van der Waals surface area contributed by atoms with Crippen molar-refractivity contribution in [3.8, 4) is 11.6 Å². The zero-order valence-electron chi connectivity index (χ0n) is 31.3. The van der Waals surface area contributed by atoms with Crippen molar-refractivity contribution in [1.82, 2.24) is 25.2 Å². The van der Waals surface area contributed by atoms with E-state index in [4.69, 9.17) is 14.2 Å². The van der Waals surface area contributed by atoms with Crippen molar-refractivity contribution in [3.05, 3.63) is 66.9 Å². The molecule has 0 spiro atoms. The number of aromatic nitrogens is 1. The molecule has 2 aromatic rings. The number of carbonyl (C=O) groups is 5. The third-order valence-electron chi connectivity index (χ3n) is 9.30. The Labute approximate surface area is 314 Å². The molecule has 0 unspecified atom stereocenters. The summed E-state index contributed by atoms with van der Waals surface area (Å²) in [6, 6.07) is 4.09. The van der Waals surface area contributed by atoms with Gasteiger partial charge in [0.05, 0.1) is 18.9 Å². The molecule has 3 aliphatic rings. The Morgan fingerprint density at radius 2 is 1.81 bits per heavy atom. The van der Waals surface area contributed by atoms with E-state index in [0.717, 1.165) is 10.3 Å². The lowest BCUT2D eigenvalue weighted by Crippen LogP contribution is -2.59. The van der Waals surface area contributed by atoms with Crippen molar-refractivity contribution in [3.63, 3.8) is 0 Å². The van der Waals surface area contributed by atoms with Crippen molar-refractivity contribution < 1.29 is 46.6 Å². The minimum atomic E-state index is -3.95. The average molecular weight is 766 g/mol. The lowest BCUT2D eigenvalue weighted by atomic mass is 10.0. The van der Waals surface area contributed by atoms with E-state index in [-0.39, 0.29) is 30.8 Å². The van der Waals surface area contributed by atoms with Crippen LogP contribution in [-0.4, -0.2) is 96.1 Å². The molecule has 4 amide bonds. The highest BCUT2D eigenvalue weighted by Gasteiger charge is 2.62. The van der Waals surface area contributed by atoms with Gasteiger partial charge in [-0.25, -0.2) is 18.2 Å². The fraction of sp³-hybridized carbons (Fsp3) is 0.474. The fourth-order valence-corrected chi connectivity index (χ4v) is 7.65. The van der Waals surface area contributed by atoms with Crippen LogP contribution in [0.5, 0.6) is 11.6 Å². The number of carbonyl (C=O) groups excluding carboxylic acids is 5. The molecular weight excluding hydrogens is 719 g/mol. The Morgan fingerprint density at radius 3 is 2.41 bits per heavy atom. The van der Waals surface area contributed by atoms with E-state index >= 15 is 0 Å². The first-order valence-corrected chi connectivity index (χ1v) is 19.1. The number of likely N-dealkylation sites (tertiary alicyclic amines) is 1. The SMILES string of the molecule is C=C[C@@H]1C[C@]1(NC(=O)[C@@H]1C[C@@H](Oc2nccc3cc(OC)ccc23)CN1C(=O)[C@@H](NC(=O)OC(C)(C)C)C(=C)C(=O)C=C(C)C)C(=O)NS(=O)(=O)C1CC1. The van der Waals surface area contributed by atoms with Gasteiger partial charge >= 0.3 is 6.09 Å². The van der Waals surface area contributed by atoms with Crippen LogP contribution in [0.1, 0.15) is 60.3 Å². The second kappa shape index (κ2) is 15.2. The third-order valence-corrected chi connectivity index (χ3v) is 11.1. The predicted octanol–water partition coefficient (Wildman–Crippen LogP) is 3.25. The standard InChI is InChI=1S/C38H47N5O10S/c1-9-24-19-38(24,35(47)42-54(49,50)27-11-12-27)41-32(45)29-18-26(52-33-28-13-10-25(51-8)17-23(28)14-15-39-33)20-43(29)34(46)31(22(4)30(44)16-21(2)3)40-36(48)53-37(5,6)7/h9-10,13-17,24,26-27,29,31H,1,4,11-12,18-20H2,2-3,5-8H3,(H,40,48)(H,41,45)(H,42,47)/t24-,26-,29+,31+,38-/m1/s1. The number of allylic oxidation sites excluding steroid dienone is 2. The lowest BCUT2D eigenvalue weighted by Gasteiger charge is -2.30. The quantitative estimate of drug-likeness (QED) is 0.189. The maximum atomic E-state index is 14.6. The minimum absolute atomic E-state index is 0.0785. The molecule has 1 aromatic carbocycles. The Kier molecular flexibility index (Phi) is 11.3. The van der Waals surface area contributed by atoms with Crippen LogP contribution in [0.3, 0.4) is 0 Å². The molecule has 1 saturated heterocycles.